The predicted molar refractivity (Wildman–Crippen MR) is 81.9 cm³/mol. The van der Waals surface area contributed by atoms with Crippen LogP contribution in [0.15, 0.2) is 12.7 Å². The fraction of sp³-hybridized carbons (Fsp3) is 0.615. The van der Waals surface area contributed by atoms with Gasteiger partial charge in [0.1, 0.15) is 24.1 Å². The van der Waals surface area contributed by atoms with Crippen LogP contribution in [-0.4, -0.2) is 60.6 Å². The molecule has 0 aromatic carbocycles. The van der Waals surface area contributed by atoms with Gasteiger partial charge in [0.2, 0.25) is 0 Å². The van der Waals surface area contributed by atoms with E-state index in [1.807, 2.05) is 0 Å². The van der Waals surface area contributed by atoms with Crippen LogP contribution in [0.3, 0.4) is 0 Å². The molecule has 0 unspecified atom stereocenters. The first-order chi connectivity index (χ1) is 11.0. The Kier molecular flexibility index (Phi) is 4.41. The summed E-state index contributed by atoms with van der Waals surface area (Å²) in [4.78, 5) is 12.1. The van der Waals surface area contributed by atoms with E-state index in [1.54, 1.807) is 0 Å². The van der Waals surface area contributed by atoms with Gasteiger partial charge in [-0.05, 0) is 19.4 Å². The van der Waals surface area contributed by atoms with E-state index < -0.39 is 24.5 Å². The third-order valence-electron chi connectivity index (χ3n) is 4.07. The van der Waals surface area contributed by atoms with Gasteiger partial charge < -0.3 is 32.2 Å². The zero-order valence-corrected chi connectivity index (χ0v) is 12.5. The molecule has 0 radical (unpaired) electrons. The molecule has 0 saturated carbocycles. The Morgan fingerprint density at radius 1 is 1.26 bits per heavy atom. The summed E-state index contributed by atoms with van der Waals surface area (Å²) in [5.74, 6) is 0.239. The molecule has 10 nitrogen and oxygen atoms in total. The van der Waals surface area contributed by atoms with Gasteiger partial charge in [-0.25, -0.2) is 15.0 Å². The maximum atomic E-state index is 10.3. The molecular weight excluding hydrogens is 302 g/mol. The summed E-state index contributed by atoms with van der Waals surface area (Å²) >= 11 is 0. The van der Waals surface area contributed by atoms with E-state index in [9.17, 15) is 10.2 Å². The third-order valence-corrected chi connectivity index (χ3v) is 4.07. The van der Waals surface area contributed by atoms with Crippen molar-refractivity contribution in [1.29, 1.82) is 0 Å². The van der Waals surface area contributed by atoms with Crippen molar-refractivity contribution in [2.75, 3.05) is 12.3 Å². The third kappa shape index (κ3) is 2.86. The number of imidazole rings is 1. The Labute approximate surface area is 132 Å². The first-order valence-corrected chi connectivity index (χ1v) is 7.43. The number of rotatable bonds is 5. The van der Waals surface area contributed by atoms with Crippen LogP contribution >= 0.6 is 0 Å². The Morgan fingerprint density at radius 3 is 2.78 bits per heavy atom. The van der Waals surface area contributed by atoms with Crippen molar-refractivity contribution >= 4 is 17.0 Å². The molecule has 0 amide bonds. The van der Waals surface area contributed by atoms with Crippen molar-refractivity contribution in [3.63, 3.8) is 0 Å². The van der Waals surface area contributed by atoms with Crippen LogP contribution in [0.5, 0.6) is 0 Å². The van der Waals surface area contributed by atoms with E-state index in [1.165, 1.54) is 17.2 Å². The van der Waals surface area contributed by atoms with Crippen molar-refractivity contribution in [3.8, 4) is 0 Å². The number of ether oxygens (including phenoxy) is 1. The molecule has 2 aromatic heterocycles. The number of nitrogen functional groups attached to an aromatic ring is 1. The monoisotopic (exact) mass is 323 g/mol. The number of aliphatic hydroxyl groups is 2. The van der Waals surface area contributed by atoms with Gasteiger partial charge in [0.25, 0.3) is 0 Å². The lowest BCUT2D eigenvalue weighted by atomic mass is 10.0. The van der Waals surface area contributed by atoms with Gasteiger partial charge in [-0.2, -0.15) is 0 Å². The topological polar surface area (TPSA) is 171 Å². The summed E-state index contributed by atoms with van der Waals surface area (Å²) in [7, 11) is 0. The summed E-state index contributed by atoms with van der Waals surface area (Å²) in [5, 5.41) is 20.5. The normalized spacial score (nSPS) is 29.2. The molecule has 0 aliphatic carbocycles. The SMILES string of the molecule is NCC[C@H](N)C[C@H]1O[C@@H](n2cnc3c(N)ncnc32)[C@H](O)[C@@H]1O. The molecule has 1 saturated heterocycles. The zero-order chi connectivity index (χ0) is 16.6. The summed E-state index contributed by atoms with van der Waals surface area (Å²) in [6.45, 7) is 0.457. The lowest BCUT2D eigenvalue weighted by Gasteiger charge is -2.18. The maximum Gasteiger partial charge on any atom is 0.167 e. The molecule has 10 heteroatoms. The number of hydrogen-bond donors (Lipinski definition) is 5. The zero-order valence-electron chi connectivity index (χ0n) is 12.5. The number of fused-ring (bicyclic) bond motifs is 1. The Bertz CT molecular complexity index is 679. The van der Waals surface area contributed by atoms with Crippen LogP contribution in [0.25, 0.3) is 11.2 Å². The van der Waals surface area contributed by atoms with Gasteiger partial charge in [-0.3, -0.25) is 4.57 Å². The molecule has 23 heavy (non-hydrogen) atoms. The van der Waals surface area contributed by atoms with Crippen molar-refractivity contribution in [3.05, 3.63) is 12.7 Å². The van der Waals surface area contributed by atoms with Crippen LogP contribution in [0, 0.1) is 0 Å². The van der Waals surface area contributed by atoms with Gasteiger partial charge in [-0.1, -0.05) is 0 Å². The molecule has 1 aliphatic rings. The quantitative estimate of drug-likeness (QED) is 0.421. The van der Waals surface area contributed by atoms with E-state index >= 15 is 0 Å². The Hall–Kier alpha value is -1.85. The lowest BCUT2D eigenvalue weighted by Crippen LogP contribution is -2.36. The highest BCUT2D eigenvalue weighted by atomic mass is 16.6. The highest BCUT2D eigenvalue weighted by molar-refractivity contribution is 5.81. The highest BCUT2D eigenvalue weighted by Gasteiger charge is 2.44. The van der Waals surface area contributed by atoms with E-state index in [4.69, 9.17) is 21.9 Å². The first-order valence-electron chi connectivity index (χ1n) is 7.43. The van der Waals surface area contributed by atoms with Gasteiger partial charge in [0.05, 0.1) is 12.4 Å². The molecule has 3 rings (SSSR count). The molecular formula is C13H21N7O3. The van der Waals surface area contributed by atoms with E-state index in [-0.39, 0.29) is 11.9 Å². The fourth-order valence-corrected chi connectivity index (χ4v) is 2.84. The molecule has 1 fully saturated rings. The average molecular weight is 323 g/mol. The molecule has 3 heterocycles. The first kappa shape index (κ1) is 16.0. The lowest BCUT2D eigenvalue weighted by molar-refractivity contribution is -0.0386. The number of anilines is 1. The predicted octanol–water partition coefficient (Wildman–Crippen LogP) is -1.91. The minimum absolute atomic E-state index is 0.205. The largest absolute Gasteiger partial charge is 0.388 e. The van der Waals surface area contributed by atoms with E-state index in [2.05, 4.69) is 15.0 Å². The van der Waals surface area contributed by atoms with Crippen LogP contribution in [-0.2, 0) is 4.74 Å². The fourth-order valence-electron chi connectivity index (χ4n) is 2.84. The number of nitrogens with two attached hydrogens (primary N) is 3. The summed E-state index contributed by atoms with van der Waals surface area (Å²) in [6, 6.07) is -0.205. The van der Waals surface area contributed by atoms with Crippen LogP contribution < -0.4 is 17.2 Å². The summed E-state index contributed by atoms with van der Waals surface area (Å²) in [5.41, 5.74) is 18.0. The van der Waals surface area contributed by atoms with E-state index in [0.29, 0.717) is 30.6 Å². The second-order valence-corrected chi connectivity index (χ2v) is 5.70. The second kappa shape index (κ2) is 6.34. The molecule has 126 valence electrons. The molecule has 0 bridgehead atoms. The van der Waals surface area contributed by atoms with E-state index in [0.717, 1.165) is 0 Å². The Balaban J connectivity index is 1.84. The van der Waals surface area contributed by atoms with Crippen LogP contribution in [0.1, 0.15) is 19.1 Å². The van der Waals surface area contributed by atoms with Gasteiger partial charge in [0.15, 0.2) is 17.7 Å². The van der Waals surface area contributed by atoms with Crippen LogP contribution in [0.2, 0.25) is 0 Å². The van der Waals surface area contributed by atoms with Gasteiger partial charge in [0, 0.05) is 6.04 Å². The smallest absolute Gasteiger partial charge is 0.167 e. The maximum absolute atomic E-state index is 10.3. The number of hydrogen-bond acceptors (Lipinski definition) is 9. The van der Waals surface area contributed by atoms with Crippen molar-refractivity contribution in [2.24, 2.45) is 11.5 Å². The van der Waals surface area contributed by atoms with Gasteiger partial charge >= 0.3 is 0 Å². The molecule has 0 spiro atoms. The van der Waals surface area contributed by atoms with Crippen molar-refractivity contribution in [2.45, 2.75) is 43.4 Å². The highest BCUT2D eigenvalue weighted by Crippen LogP contribution is 2.33. The van der Waals surface area contributed by atoms with Crippen LogP contribution in [0.4, 0.5) is 5.82 Å². The number of aromatic nitrogens is 4. The molecule has 8 N–H and O–H groups in total. The Morgan fingerprint density at radius 2 is 2.04 bits per heavy atom. The summed E-state index contributed by atoms with van der Waals surface area (Å²) in [6.07, 6.45) is 0.188. The van der Waals surface area contributed by atoms with Crippen molar-refractivity contribution in [1.82, 2.24) is 19.5 Å². The van der Waals surface area contributed by atoms with Crippen molar-refractivity contribution < 1.29 is 14.9 Å². The molecule has 1 aliphatic heterocycles. The minimum Gasteiger partial charge on any atom is -0.388 e. The molecule has 5 atom stereocenters. The number of nitrogens with zero attached hydrogens (tertiary/aromatic N) is 4. The van der Waals surface area contributed by atoms with Gasteiger partial charge in [-0.15, -0.1) is 0 Å². The standard InChI is InChI=1S/C13H21N7O3/c14-2-1-6(15)3-7-9(21)10(22)13(23-7)20-5-19-8-11(16)17-4-18-12(8)20/h4-7,9-10,13,21-22H,1-3,14-15H2,(H2,16,17,18)/t6-,7+,9+,10+,13+/m0/s1. The number of aliphatic hydroxyl groups excluding tert-OH is 2. The minimum atomic E-state index is -1.13. The summed E-state index contributed by atoms with van der Waals surface area (Å²) < 4.78 is 7.33. The second-order valence-electron chi connectivity index (χ2n) is 5.70. The molecule has 2 aromatic rings. The average Bonchev–Trinajstić information content (AvgIpc) is 3.05.